The van der Waals surface area contributed by atoms with Gasteiger partial charge in [-0.25, -0.2) is 4.98 Å². The molecule has 0 amide bonds. The van der Waals surface area contributed by atoms with Crippen molar-refractivity contribution in [2.45, 2.75) is 63.8 Å². The summed E-state index contributed by atoms with van der Waals surface area (Å²) in [6, 6.07) is 0. The Morgan fingerprint density at radius 1 is 1.42 bits per heavy atom. The van der Waals surface area contributed by atoms with Crippen LogP contribution in [0.3, 0.4) is 0 Å². The van der Waals surface area contributed by atoms with Crippen molar-refractivity contribution in [1.29, 1.82) is 0 Å². The molecular weight excluding hydrogens is 368 g/mol. The molecule has 0 N–H and O–H groups in total. The van der Waals surface area contributed by atoms with Crippen molar-refractivity contribution >= 4 is 39.1 Å². The SMILES string of the molecule is CC(=O)CSc1nc2sc3c(c2c(=O)n1CC1CCCO1)CCC(C)C3. The Morgan fingerprint density at radius 2 is 2.27 bits per heavy atom. The summed E-state index contributed by atoms with van der Waals surface area (Å²) >= 11 is 3.03. The number of nitrogens with zero attached hydrogens (tertiary/aromatic N) is 2. The Balaban J connectivity index is 1.81. The third kappa shape index (κ3) is 3.49. The molecule has 0 aromatic carbocycles. The zero-order chi connectivity index (χ0) is 18.3. The van der Waals surface area contributed by atoms with E-state index in [1.807, 2.05) is 0 Å². The molecule has 1 fully saturated rings. The number of hydrogen-bond acceptors (Lipinski definition) is 6. The third-order valence-electron chi connectivity index (χ3n) is 5.19. The van der Waals surface area contributed by atoms with Crippen LogP contribution in [0.15, 0.2) is 9.95 Å². The van der Waals surface area contributed by atoms with Crippen molar-refractivity contribution < 1.29 is 9.53 Å². The van der Waals surface area contributed by atoms with E-state index in [9.17, 15) is 9.59 Å². The molecule has 26 heavy (non-hydrogen) atoms. The molecule has 5 nitrogen and oxygen atoms in total. The largest absolute Gasteiger partial charge is 0.376 e. The molecule has 1 aliphatic carbocycles. The van der Waals surface area contributed by atoms with Gasteiger partial charge in [-0.2, -0.15) is 0 Å². The average Bonchev–Trinajstić information content (AvgIpc) is 3.22. The van der Waals surface area contributed by atoms with Crippen LogP contribution in [0.25, 0.3) is 10.2 Å². The Kier molecular flexibility index (Phi) is 5.21. The number of thiophene rings is 1. The molecule has 2 atom stereocenters. The maximum atomic E-state index is 13.4. The molecule has 140 valence electrons. The van der Waals surface area contributed by atoms with Crippen LogP contribution in [0.1, 0.15) is 43.6 Å². The molecule has 0 radical (unpaired) electrons. The molecule has 2 aromatic heterocycles. The second kappa shape index (κ2) is 7.44. The maximum absolute atomic E-state index is 13.4. The minimum atomic E-state index is 0.0450. The first kappa shape index (κ1) is 18.2. The number of thioether (sulfide) groups is 1. The summed E-state index contributed by atoms with van der Waals surface area (Å²) in [4.78, 5) is 31.8. The number of Topliss-reactive ketones (excluding diaryl/α,β-unsaturated/α-hetero) is 1. The molecule has 4 rings (SSSR count). The number of ketones is 1. The topological polar surface area (TPSA) is 61.2 Å². The quantitative estimate of drug-likeness (QED) is 0.576. The predicted octanol–water partition coefficient (Wildman–Crippen LogP) is 3.44. The molecule has 0 bridgehead atoms. The summed E-state index contributed by atoms with van der Waals surface area (Å²) in [5, 5.41) is 1.46. The highest BCUT2D eigenvalue weighted by molar-refractivity contribution is 7.99. The number of rotatable bonds is 5. The summed E-state index contributed by atoms with van der Waals surface area (Å²) in [5.41, 5.74) is 1.26. The first-order valence-corrected chi connectivity index (χ1v) is 11.1. The van der Waals surface area contributed by atoms with Gasteiger partial charge in [0.05, 0.1) is 23.8 Å². The number of carbonyl (C=O) groups is 1. The molecule has 3 heterocycles. The molecule has 7 heteroatoms. The van der Waals surface area contributed by atoms with E-state index >= 15 is 0 Å². The van der Waals surface area contributed by atoms with Gasteiger partial charge < -0.3 is 4.74 Å². The van der Waals surface area contributed by atoms with Crippen molar-refractivity contribution in [3.05, 3.63) is 20.8 Å². The van der Waals surface area contributed by atoms with Crippen LogP contribution in [0.4, 0.5) is 0 Å². The third-order valence-corrected chi connectivity index (χ3v) is 7.46. The van der Waals surface area contributed by atoms with Crippen molar-refractivity contribution in [3.8, 4) is 0 Å². The van der Waals surface area contributed by atoms with E-state index in [2.05, 4.69) is 6.92 Å². The van der Waals surface area contributed by atoms with Gasteiger partial charge in [0, 0.05) is 11.5 Å². The van der Waals surface area contributed by atoms with Gasteiger partial charge in [0.2, 0.25) is 0 Å². The first-order valence-electron chi connectivity index (χ1n) is 9.32. The Labute approximate surface area is 161 Å². The predicted molar refractivity (Wildman–Crippen MR) is 105 cm³/mol. The fourth-order valence-electron chi connectivity index (χ4n) is 3.83. The highest BCUT2D eigenvalue weighted by Gasteiger charge is 2.26. The van der Waals surface area contributed by atoms with Gasteiger partial charge in [0.25, 0.3) is 5.56 Å². The molecule has 0 spiro atoms. The van der Waals surface area contributed by atoms with Crippen molar-refractivity contribution in [2.75, 3.05) is 12.4 Å². The van der Waals surface area contributed by atoms with Crippen LogP contribution >= 0.6 is 23.1 Å². The van der Waals surface area contributed by atoms with Crippen LogP contribution in [-0.2, 0) is 28.9 Å². The lowest BCUT2D eigenvalue weighted by Crippen LogP contribution is -2.29. The van der Waals surface area contributed by atoms with Gasteiger partial charge in [-0.3, -0.25) is 14.2 Å². The second-order valence-corrected chi connectivity index (χ2v) is 9.49. The monoisotopic (exact) mass is 392 g/mol. The van der Waals surface area contributed by atoms with Gasteiger partial charge in [-0.05, 0) is 50.5 Å². The van der Waals surface area contributed by atoms with E-state index in [0.29, 0.717) is 23.4 Å². The maximum Gasteiger partial charge on any atom is 0.263 e. The van der Waals surface area contributed by atoms with Crippen LogP contribution in [0, 0.1) is 5.92 Å². The standard InChI is InChI=1S/C19H24N2O3S2/c1-11-5-6-14-15(8-11)26-17-16(14)18(23)21(9-13-4-3-7-24-13)19(20-17)25-10-12(2)22/h11,13H,3-10H2,1-2H3. The first-order chi connectivity index (χ1) is 12.5. The number of fused-ring (bicyclic) bond motifs is 3. The number of carbonyl (C=O) groups excluding carboxylic acids is 1. The number of aromatic nitrogens is 2. The van der Waals surface area contributed by atoms with Crippen molar-refractivity contribution in [2.24, 2.45) is 5.92 Å². The van der Waals surface area contributed by atoms with E-state index < -0.39 is 0 Å². The lowest BCUT2D eigenvalue weighted by Gasteiger charge is -2.18. The van der Waals surface area contributed by atoms with Gasteiger partial charge in [0.15, 0.2) is 5.16 Å². The van der Waals surface area contributed by atoms with Gasteiger partial charge >= 0.3 is 0 Å². The number of ether oxygens (including phenoxy) is 1. The summed E-state index contributed by atoms with van der Waals surface area (Å²) in [7, 11) is 0. The molecule has 1 aliphatic heterocycles. The van der Waals surface area contributed by atoms with E-state index in [1.54, 1.807) is 22.8 Å². The Hall–Kier alpha value is -1.18. The van der Waals surface area contributed by atoms with Crippen molar-refractivity contribution in [3.63, 3.8) is 0 Å². The summed E-state index contributed by atoms with van der Waals surface area (Å²) < 4.78 is 7.51. The summed E-state index contributed by atoms with van der Waals surface area (Å²) in [6.07, 6.45) is 5.21. The van der Waals surface area contributed by atoms with Crippen LogP contribution in [0.5, 0.6) is 0 Å². The fraction of sp³-hybridized carbons (Fsp3) is 0.632. The highest BCUT2D eigenvalue weighted by atomic mass is 32.2. The smallest absolute Gasteiger partial charge is 0.263 e. The van der Waals surface area contributed by atoms with E-state index in [-0.39, 0.29) is 17.4 Å². The molecular formula is C19H24N2O3S2. The second-order valence-electron chi connectivity index (χ2n) is 7.47. The van der Waals surface area contributed by atoms with E-state index in [4.69, 9.17) is 9.72 Å². The normalized spacial score (nSPS) is 22.7. The summed E-state index contributed by atoms with van der Waals surface area (Å²) in [5.74, 6) is 1.09. The number of hydrogen-bond donors (Lipinski definition) is 0. The molecule has 2 aliphatic rings. The van der Waals surface area contributed by atoms with Crippen molar-refractivity contribution in [1.82, 2.24) is 9.55 Å². The molecule has 1 saturated heterocycles. The van der Waals surface area contributed by atoms with Gasteiger partial charge in [0.1, 0.15) is 10.6 Å². The summed E-state index contributed by atoms with van der Waals surface area (Å²) in [6.45, 7) is 5.13. The van der Waals surface area contributed by atoms with E-state index in [0.717, 1.165) is 48.9 Å². The molecule has 2 aromatic rings. The molecule has 2 unspecified atom stereocenters. The zero-order valence-corrected chi connectivity index (χ0v) is 16.9. The van der Waals surface area contributed by atoms with Crippen LogP contribution in [-0.4, -0.2) is 33.8 Å². The Morgan fingerprint density at radius 3 is 3.00 bits per heavy atom. The van der Waals surface area contributed by atoms with Crippen LogP contribution < -0.4 is 5.56 Å². The minimum absolute atomic E-state index is 0.0450. The van der Waals surface area contributed by atoms with Crippen LogP contribution in [0.2, 0.25) is 0 Å². The average molecular weight is 393 g/mol. The van der Waals surface area contributed by atoms with E-state index in [1.165, 1.54) is 22.2 Å². The zero-order valence-electron chi connectivity index (χ0n) is 15.2. The fourth-order valence-corrected chi connectivity index (χ4v) is 6.07. The number of aryl methyl sites for hydroxylation is 1. The van der Waals surface area contributed by atoms with Gasteiger partial charge in [-0.15, -0.1) is 11.3 Å². The lowest BCUT2D eigenvalue weighted by molar-refractivity contribution is -0.114. The Bertz CT molecular complexity index is 896. The lowest BCUT2D eigenvalue weighted by atomic mass is 9.89. The van der Waals surface area contributed by atoms with Gasteiger partial charge in [-0.1, -0.05) is 18.7 Å². The minimum Gasteiger partial charge on any atom is -0.376 e. The molecule has 0 saturated carbocycles. The highest BCUT2D eigenvalue weighted by Crippen LogP contribution is 2.36.